The van der Waals surface area contributed by atoms with E-state index in [-0.39, 0.29) is 5.75 Å². The molecule has 2 rings (SSSR count). The van der Waals surface area contributed by atoms with E-state index in [9.17, 15) is 5.11 Å². The Bertz CT molecular complexity index is 552. The van der Waals surface area contributed by atoms with Gasteiger partial charge in [-0.05, 0) is 41.8 Å². The first-order valence-electron chi connectivity index (χ1n) is 6.41. The molecule has 2 aromatic carbocycles. The molecule has 0 spiro atoms. The molecule has 0 bridgehead atoms. The molecule has 0 unspecified atom stereocenters. The molecule has 0 heterocycles. The number of hydrogen-bond acceptors (Lipinski definition) is 3. The highest BCUT2D eigenvalue weighted by atomic mass is 16.5. The van der Waals surface area contributed by atoms with Crippen LogP contribution < -0.4 is 10.1 Å². The monoisotopic (exact) mass is 257 g/mol. The Hall–Kier alpha value is -2.16. The molecule has 2 N–H and O–H groups in total. The molecule has 0 aliphatic carbocycles. The van der Waals surface area contributed by atoms with Gasteiger partial charge in [0.1, 0.15) is 0 Å². The number of aromatic hydroxyl groups is 1. The summed E-state index contributed by atoms with van der Waals surface area (Å²) in [7, 11) is 1.55. The minimum absolute atomic E-state index is 0.166. The van der Waals surface area contributed by atoms with Crippen LogP contribution in [0.4, 0.5) is 5.69 Å². The zero-order chi connectivity index (χ0) is 13.7. The predicted molar refractivity (Wildman–Crippen MR) is 77.8 cm³/mol. The Morgan fingerprint density at radius 3 is 2.68 bits per heavy atom. The normalized spacial score (nSPS) is 10.2. The summed E-state index contributed by atoms with van der Waals surface area (Å²) in [4.78, 5) is 0. The standard InChI is InChI=1S/C16H19NO2/c1-3-12-5-4-6-14(9-12)17-11-13-7-8-15(18)16(10-13)19-2/h4-10,17-18H,3,11H2,1-2H3. The molecule has 0 amide bonds. The summed E-state index contributed by atoms with van der Waals surface area (Å²) in [5.41, 5.74) is 3.48. The molecule has 3 heteroatoms. The molecule has 2 aromatic rings. The van der Waals surface area contributed by atoms with E-state index in [2.05, 4.69) is 36.5 Å². The quantitative estimate of drug-likeness (QED) is 0.860. The van der Waals surface area contributed by atoms with Gasteiger partial charge in [-0.2, -0.15) is 0 Å². The maximum Gasteiger partial charge on any atom is 0.160 e. The van der Waals surface area contributed by atoms with Crippen LogP contribution in [0.15, 0.2) is 42.5 Å². The van der Waals surface area contributed by atoms with E-state index in [0.717, 1.165) is 17.7 Å². The van der Waals surface area contributed by atoms with Crippen LogP contribution in [0.25, 0.3) is 0 Å². The van der Waals surface area contributed by atoms with Crippen molar-refractivity contribution in [3.8, 4) is 11.5 Å². The summed E-state index contributed by atoms with van der Waals surface area (Å²) in [5, 5.41) is 12.9. The molecular weight excluding hydrogens is 238 g/mol. The van der Waals surface area contributed by atoms with Gasteiger partial charge in [0.15, 0.2) is 11.5 Å². The largest absolute Gasteiger partial charge is 0.504 e. The summed E-state index contributed by atoms with van der Waals surface area (Å²) < 4.78 is 5.10. The van der Waals surface area contributed by atoms with Crippen molar-refractivity contribution >= 4 is 5.69 Å². The first-order valence-corrected chi connectivity index (χ1v) is 6.41. The van der Waals surface area contributed by atoms with Crippen LogP contribution in [0.1, 0.15) is 18.1 Å². The van der Waals surface area contributed by atoms with Crippen molar-refractivity contribution < 1.29 is 9.84 Å². The zero-order valence-electron chi connectivity index (χ0n) is 11.3. The van der Waals surface area contributed by atoms with Crippen molar-refractivity contribution in [1.82, 2.24) is 0 Å². The van der Waals surface area contributed by atoms with Crippen LogP contribution >= 0.6 is 0 Å². The van der Waals surface area contributed by atoms with Crippen LogP contribution in [0.2, 0.25) is 0 Å². The minimum atomic E-state index is 0.166. The topological polar surface area (TPSA) is 41.5 Å². The number of aryl methyl sites for hydroxylation is 1. The minimum Gasteiger partial charge on any atom is -0.504 e. The van der Waals surface area contributed by atoms with Gasteiger partial charge in [0.25, 0.3) is 0 Å². The average Bonchev–Trinajstić information content (AvgIpc) is 2.46. The van der Waals surface area contributed by atoms with Crippen LogP contribution in [0, 0.1) is 0 Å². The van der Waals surface area contributed by atoms with E-state index in [1.165, 1.54) is 5.56 Å². The highest BCUT2D eigenvalue weighted by Gasteiger charge is 2.02. The highest BCUT2D eigenvalue weighted by Crippen LogP contribution is 2.26. The molecule has 0 saturated heterocycles. The van der Waals surface area contributed by atoms with Crippen LogP contribution in [0.5, 0.6) is 11.5 Å². The number of phenols is 1. The second kappa shape index (κ2) is 6.14. The Labute approximate surface area is 113 Å². The molecular formula is C16H19NO2. The summed E-state index contributed by atoms with van der Waals surface area (Å²) in [6.07, 6.45) is 1.03. The predicted octanol–water partition coefficient (Wildman–Crippen LogP) is 3.58. The average molecular weight is 257 g/mol. The number of benzene rings is 2. The van der Waals surface area contributed by atoms with Crippen LogP contribution in [-0.2, 0) is 13.0 Å². The first kappa shape index (κ1) is 13.3. The first-order chi connectivity index (χ1) is 9.22. The summed E-state index contributed by atoms with van der Waals surface area (Å²) >= 11 is 0. The second-order valence-corrected chi connectivity index (χ2v) is 4.41. The Morgan fingerprint density at radius 1 is 1.11 bits per heavy atom. The van der Waals surface area contributed by atoms with Crippen molar-refractivity contribution in [3.63, 3.8) is 0 Å². The maximum atomic E-state index is 9.54. The molecule has 0 radical (unpaired) electrons. The van der Waals surface area contributed by atoms with Gasteiger partial charge in [-0.1, -0.05) is 25.1 Å². The van der Waals surface area contributed by atoms with Crippen molar-refractivity contribution in [3.05, 3.63) is 53.6 Å². The van der Waals surface area contributed by atoms with E-state index in [4.69, 9.17) is 4.74 Å². The lowest BCUT2D eigenvalue weighted by Gasteiger charge is -2.10. The highest BCUT2D eigenvalue weighted by molar-refractivity contribution is 5.48. The van der Waals surface area contributed by atoms with Gasteiger partial charge in [0, 0.05) is 12.2 Å². The molecule has 0 aromatic heterocycles. The van der Waals surface area contributed by atoms with E-state index >= 15 is 0 Å². The molecule has 0 fully saturated rings. The van der Waals surface area contributed by atoms with Crippen LogP contribution in [0.3, 0.4) is 0 Å². The van der Waals surface area contributed by atoms with Gasteiger partial charge in [0.2, 0.25) is 0 Å². The van der Waals surface area contributed by atoms with Gasteiger partial charge >= 0.3 is 0 Å². The third-order valence-corrected chi connectivity index (χ3v) is 3.08. The summed E-state index contributed by atoms with van der Waals surface area (Å²) in [6, 6.07) is 13.8. The van der Waals surface area contributed by atoms with Crippen molar-refractivity contribution in [2.45, 2.75) is 19.9 Å². The lowest BCUT2D eigenvalue weighted by atomic mass is 10.1. The van der Waals surface area contributed by atoms with Crippen molar-refractivity contribution in [2.75, 3.05) is 12.4 Å². The lowest BCUT2D eigenvalue weighted by molar-refractivity contribution is 0.373. The Balaban J connectivity index is 2.05. The van der Waals surface area contributed by atoms with E-state index < -0.39 is 0 Å². The van der Waals surface area contributed by atoms with Crippen molar-refractivity contribution in [2.24, 2.45) is 0 Å². The summed E-state index contributed by atoms with van der Waals surface area (Å²) in [6.45, 7) is 2.84. The van der Waals surface area contributed by atoms with Gasteiger partial charge in [-0.25, -0.2) is 0 Å². The third kappa shape index (κ3) is 3.41. The molecule has 0 aliphatic heterocycles. The SMILES string of the molecule is CCc1cccc(NCc2ccc(O)c(OC)c2)c1. The summed E-state index contributed by atoms with van der Waals surface area (Å²) in [5.74, 6) is 0.667. The number of nitrogens with one attached hydrogen (secondary N) is 1. The lowest BCUT2D eigenvalue weighted by Crippen LogP contribution is -2.00. The van der Waals surface area contributed by atoms with Crippen LogP contribution in [-0.4, -0.2) is 12.2 Å². The van der Waals surface area contributed by atoms with Gasteiger partial charge < -0.3 is 15.2 Å². The molecule has 0 atom stereocenters. The smallest absolute Gasteiger partial charge is 0.160 e. The molecule has 19 heavy (non-hydrogen) atoms. The maximum absolute atomic E-state index is 9.54. The number of rotatable bonds is 5. The second-order valence-electron chi connectivity index (χ2n) is 4.41. The van der Waals surface area contributed by atoms with Gasteiger partial charge in [-0.15, -0.1) is 0 Å². The van der Waals surface area contributed by atoms with Crippen molar-refractivity contribution in [1.29, 1.82) is 0 Å². The fourth-order valence-corrected chi connectivity index (χ4v) is 1.94. The fourth-order valence-electron chi connectivity index (χ4n) is 1.94. The number of phenolic OH excluding ortho intramolecular Hbond substituents is 1. The molecule has 0 saturated carbocycles. The van der Waals surface area contributed by atoms with E-state index in [1.54, 1.807) is 13.2 Å². The van der Waals surface area contributed by atoms with E-state index in [1.807, 2.05) is 12.1 Å². The number of methoxy groups -OCH3 is 1. The third-order valence-electron chi connectivity index (χ3n) is 3.08. The Morgan fingerprint density at radius 2 is 1.95 bits per heavy atom. The van der Waals surface area contributed by atoms with Gasteiger partial charge in [0.05, 0.1) is 7.11 Å². The Kier molecular flexibility index (Phi) is 4.29. The number of hydrogen-bond donors (Lipinski definition) is 2. The van der Waals surface area contributed by atoms with E-state index in [0.29, 0.717) is 12.3 Å². The fraction of sp³-hybridized carbons (Fsp3) is 0.250. The van der Waals surface area contributed by atoms with Gasteiger partial charge in [-0.3, -0.25) is 0 Å². The molecule has 100 valence electrons. The number of ether oxygens (including phenoxy) is 1. The number of anilines is 1. The zero-order valence-corrected chi connectivity index (χ0v) is 11.3. The molecule has 3 nitrogen and oxygen atoms in total. The molecule has 0 aliphatic rings.